The third-order valence-corrected chi connectivity index (χ3v) is 2.48. The number of hydrogen-bond donors (Lipinski definition) is 2. The molecule has 0 saturated carbocycles. The smallest absolute Gasteiger partial charge is 0.411 e. The molecule has 1 amide bonds. The third kappa shape index (κ3) is 3.03. The van der Waals surface area contributed by atoms with Crippen LogP contribution in [0.4, 0.5) is 21.9 Å². The summed E-state index contributed by atoms with van der Waals surface area (Å²) < 4.78 is 4.80. The molecular weight excluding hydrogens is 218 g/mol. The number of ether oxygens (including phenoxy) is 1. The van der Waals surface area contributed by atoms with Crippen LogP contribution in [-0.2, 0) is 4.74 Å². The van der Waals surface area contributed by atoms with E-state index < -0.39 is 6.09 Å². The van der Waals surface area contributed by atoms with Crippen molar-refractivity contribution in [2.24, 2.45) is 0 Å². The zero-order chi connectivity index (χ0) is 13.0. The number of hydrogen-bond acceptors (Lipinski definition) is 4. The molecule has 0 fully saturated rings. The first-order valence-electron chi connectivity index (χ1n) is 5.47. The second-order valence-corrected chi connectivity index (χ2v) is 3.91. The standard InChI is InChI=1S/C12H19N3O2/c1-5-17-12(16)14-9-6-7-10(15(3)4)8(2)11(9)13/h6-7H,5,13H2,1-4H3,(H,14,16). The maximum absolute atomic E-state index is 11.3. The zero-order valence-electron chi connectivity index (χ0n) is 10.7. The van der Waals surface area contributed by atoms with Crippen molar-refractivity contribution in [2.45, 2.75) is 13.8 Å². The second-order valence-electron chi connectivity index (χ2n) is 3.91. The minimum atomic E-state index is -0.490. The first kappa shape index (κ1) is 13.2. The van der Waals surface area contributed by atoms with Gasteiger partial charge in [0.25, 0.3) is 0 Å². The van der Waals surface area contributed by atoms with E-state index in [2.05, 4.69) is 5.32 Å². The Morgan fingerprint density at radius 2 is 2.12 bits per heavy atom. The summed E-state index contributed by atoms with van der Waals surface area (Å²) in [6, 6.07) is 3.68. The van der Waals surface area contributed by atoms with Crippen LogP contribution in [0.5, 0.6) is 0 Å². The Morgan fingerprint density at radius 3 is 2.65 bits per heavy atom. The average Bonchev–Trinajstić information content (AvgIpc) is 2.25. The summed E-state index contributed by atoms with van der Waals surface area (Å²) in [7, 11) is 3.89. The molecule has 0 radical (unpaired) electrons. The van der Waals surface area contributed by atoms with Gasteiger partial charge in [0.2, 0.25) is 0 Å². The number of nitrogens with zero attached hydrogens (tertiary/aromatic N) is 1. The molecule has 0 heterocycles. The van der Waals surface area contributed by atoms with E-state index in [0.29, 0.717) is 18.0 Å². The quantitative estimate of drug-likeness (QED) is 0.791. The van der Waals surface area contributed by atoms with Crippen molar-refractivity contribution in [3.8, 4) is 0 Å². The fourth-order valence-corrected chi connectivity index (χ4v) is 1.59. The molecule has 3 N–H and O–H groups in total. The summed E-state index contributed by atoms with van der Waals surface area (Å²) in [4.78, 5) is 13.3. The van der Waals surface area contributed by atoms with Crippen molar-refractivity contribution in [1.29, 1.82) is 0 Å². The molecule has 1 rings (SSSR count). The lowest BCUT2D eigenvalue weighted by molar-refractivity contribution is 0.168. The maximum atomic E-state index is 11.3. The predicted octanol–water partition coefficient (Wildman–Crippen LogP) is 2.21. The van der Waals surface area contributed by atoms with Gasteiger partial charge < -0.3 is 15.4 Å². The number of amides is 1. The Labute approximate surface area is 102 Å². The summed E-state index contributed by atoms with van der Waals surface area (Å²) in [5, 5.41) is 2.61. The number of anilines is 3. The molecule has 0 saturated heterocycles. The molecule has 0 unspecified atom stereocenters. The number of carbonyl (C=O) groups excluding carboxylic acids is 1. The Kier molecular flexibility index (Phi) is 4.20. The Hall–Kier alpha value is -1.91. The molecule has 17 heavy (non-hydrogen) atoms. The lowest BCUT2D eigenvalue weighted by Gasteiger charge is -2.19. The van der Waals surface area contributed by atoms with Gasteiger partial charge in [0.05, 0.1) is 18.0 Å². The number of nitrogens with two attached hydrogens (primary N) is 1. The Morgan fingerprint density at radius 1 is 1.47 bits per heavy atom. The predicted molar refractivity (Wildman–Crippen MR) is 70.6 cm³/mol. The van der Waals surface area contributed by atoms with Crippen LogP contribution >= 0.6 is 0 Å². The van der Waals surface area contributed by atoms with Gasteiger partial charge in [-0.2, -0.15) is 0 Å². The molecule has 0 atom stereocenters. The molecule has 0 bridgehead atoms. The molecule has 0 aliphatic heterocycles. The molecule has 0 spiro atoms. The molecule has 0 aliphatic rings. The van der Waals surface area contributed by atoms with Crippen molar-refractivity contribution in [3.63, 3.8) is 0 Å². The second kappa shape index (κ2) is 5.43. The number of rotatable bonds is 3. The lowest BCUT2D eigenvalue weighted by Crippen LogP contribution is -2.16. The van der Waals surface area contributed by atoms with Gasteiger partial charge in [-0.25, -0.2) is 4.79 Å². The highest BCUT2D eigenvalue weighted by atomic mass is 16.5. The van der Waals surface area contributed by atoms with Crippen LogP contribution in [0.3, 0.4) is 0 Å². The highest BCUT2D eigenvalue weighted by molar-refractivity contribution is 5.91. The number of carbonyl (C=O) groups is 1. The van der Waals surface area contributed by atoms with Gasteiger partial charge >= 0.3 is 6.09 Å². The summed E-state index contributed by atoms with van der Waals surface area (Å²) in [6.45, 7) is 4.00. The van der Waals surface area contributed by atoms with Gasteiger partial charge in [0, 0.05) is 19.8 Å². The zero-order valence-corrected chi connectivity index (χ0v) is 10.7. The topological polar surface area (TPSA) is 67.6 Å². The highest BCUT2D eigenvalue weighted by Gasteiger charge is 2.11. The van der Waals surface area contributed by atoms with Crippen LogP contribution in [0.1, 0.15) is 12.5 Å². The summed E-state index contributed by atoms with van der Waals surface area (Å²) in [5.41, 5.74) is 9.06. The third-order valence-electron chi connectivity index (χ3n) is 2.48. The van der Waals surface area contributed by atoms with E-state index in [-0.39, 0.29) is 0 Å². The average molecular weight is 237 g/mol. The normalized spacial score (nSPS) is 9.88. The molecule has 0 aromatic heterocycles. The van der Waals surface area contributed by atoms with Crippen molar-refractivity contribution in [3.05, 3.63) is 17.7 Å². The van der Waals surface area contributed by atoms with Crippen molar-refractivity contribution in [2.75, 3.05) is 36.7 Å². The molecule has 0 aliphatic carbocycles. The first-order valence-corrected chi connectivity index (χ1v) is 5.47. The van der Waals surface area contributed by atoms with E-state index in [1.807, 2.05) is 32.0 Å². The molecular formula is C12H19N3O2. The fraction of sp³-hybridized carbons (Fsp3) is 0.417. The summed E-state index contributed by atoms with van der Waals surface area (Å²) >= 11 is 0. The van der Waals surface area contributed by atoms with Crippen LogP contribution in [0.15, 0.2) is 12.1 Å². The molecule has 5 heteroatoms. The number of benzene rings is 1. The fourth-order valence-electron chi connectivity index (χ4n) is 1.59. The van der Waals surface area contributed by atoms with Crippen molar-refractivity contribution in [1.82, 2.24) is 0 Å². The van der Waals surface area contributed by atoms with E-state index in [0.717, 1.165) is 11.3 Å². The number of nitrogens with one attached hydrogen (secondary N) is 1. The summed E-state index contributed by atoms with van der Waals surface area (Å²) in [6.07, 6.45) is -0.490. The molecule has 5 nitrogen and oxygen atoms in total. The molecule has 94 valence electrons. The Bertz CT molecular complexity index is 416. The minimum absolute atomic E-state index is 0.334. The van der Waals surface area contributed by atoms with Crippen LogP contribution < -0.4 is 16.0 Å². The lowest BCUT2D eigenvalue weighted by atomic mass is 10.1. The van der Waals surface area contributed by atoms with E-state index in [4.69, 9.17) is 10.5 Å². The summed E-state index contributed by atoms with van der Waals surface area (Å²) in [5.74, 6) is 0. The SMILES string of the molecule is CCOC(=O)Nc1ccc(N(C)C)c(C)c1N. The van der Waals surface area contributed by atoms with Crippen LogP contribution in [0.25, 0.3) is 0 Å². The molecule has 1 aromatic rings. The van der Waals surface area contributed by atoms with E-state index in [1.54, 1.807) is 13.0 Å². The van der Waals surface area contributed by atoms with Gasteiger partial charge in [-0.15, -0.1) is 0 Å². The van der Waals surface area contributed by atoms with E-state index in [9.17, 15) is 4.79 Å². The van der Waals surface area contributed by atoms with E-state index >= 15 is 0 Å². The highest BCUT2D eigenvalue weighted by Crippen LogP contribution is 2.30. The first-order chi connectivity index (χ1) is 7.97. The minimum Gasteiger partial charge on any atom is -0.450 e. The van der Waals surface area contributed by atoms with Crippen molar-refractivity contribution < 1.29 is 9.53 Å². The van der Waals surface area contributed by atoms with Crippen molar-refractivity contribution >= 4 is 23.2 Å². The van der Waals surface area contributed by atoms with Gasteiger partial charge in [-0.3, -0.25) is 5.32 Å². The van der Waals surface area contributed by atoms with Gasteiger partial charge in [-0.1, -0.05) is 0 Å². The van der Waals surface area contributed by atoms with E-state index in [1.165, 1.54) is 0 Å². The largest absolute Gasteiger partial charge is 0.450 e. The molecule has 1 aromatic carbocycles. The van der Waals surface area contributed by atoms with Crippen LogP contribution in [0.2, 0.25) is 0 Å². The maximum Gasteiger partial charge on any atom is 0.411 e. The number of nitrogen functional groups attached to an aromatic ring is 1. The van der Waals surface area contributed by atoms with Crippen LogP contribution in [-0.4, -0.2) is 26.8 Å². The van der Waals surface area contributed by atoms with Gasteiger partial charge in [0.1, 0.15) is 0 Å². The van der Waals surface area contributed by atoms with Gasteiger partial charge in [0.15, 0.2) is 0 Å². The van der Waals surface area contributed by atoms with Crippen LogP contribution in [0, 0.1) is 6.92 Å². The van der Waals surface area contributed by atoms with Gasteiger partial charge in [-0.05, 0) is 31.5 Å². The monoisotopic (exact) mass is 237 g/mol. The Balaban J connectivity index is 2.96.